The van der Waals surface area contributed by atoms with Gasteiger partial charge in [-0.1, -0.05) is 45.6 Å². The van der Waals surface area contributed by atoms with Gasteiger partial charge in [0.15, 0.2) is 0 Å². The van der Waals surface area contributed by atoms with Gasteiger partial charge < -0.3 is 5.11 Å². The summed E-state index contributed by atoms with van der Waals surface area (Å²) >= 11 is 0. The summed E-state index contributed by atoms with van der Waals surface area (Å²) < 4.78 is 0. The minimum absolute atomic E-state index is 0.438. The quantitative estimate of drug-likeness (QED) is 0.398. The fourth-order valence-corrected chi connectivity index (χ4v) is 4.37. The Kier molecular flexibility index (Phi) is 6.12. The van der Waals surface area contributed by atoms with Crippen molar-refractivity contribution in [2.24, 2.45) is 10.8 Å². The van der Waals surface area contributed by atoms with Crippen molar-refractivity contribution in [1.29, 1.82) is 0 Å². The smallest absolute Gasteiger partial charge is 0.115 e. The summed E-state index contributed by atoms with van der Waals surface area (Å²) in [7, 11) is 0. The van der Waals surface area contributed by atoms with E-state index in [0.717, 1.165) is 11.8 Å². The van der Waals surface area contributed by atoms with Crippen LogP contribution in [0.15, 0.2) is 18.2 Å². The molecule has 2 aliphatic carbocycles. The van der Waals surface area contributed by atoms with E-state index in [1.165, 1.54) is 94.6 Å². The lowest BCUT2D eigenvalue weighted by Crippen LogP contribution is -2.00. The van der Waals surface area contributed by atoms with E-state index < -0.39 is 0 Å². The minimum atomic E-state index is 0.438. The van der Waals surface area contributed by atoms with Crippen LogP contribution in [0.2, 0.25) is 0 Å². The molecule has 2 saturated carbocycles. The molecule has 1 aromatic carbocycles. The Morgan fingerprint density at radius 2 is 1.52 bits per heavy atom. The van der Waals surface area contributed by atoms with Crippen LogP contribution in [0.25, 0.3) is 0 Å². The largest absolute Gasteiger partial charge is 0.508 e. The first-order valence-corrected chi connectivity index (χ1v) is 10.9. The van der Waals surface area contributed by atoms with E-state index in [0.29, 0.717) is 11.2 Å². The summed E-state index contributed by atoms with van der Waals surface area (Å²) in [6.07, 6.45) is 19.0. The molecule has 1 N–H and O–H groups in total. The predicted molar refractivity (Wildman–Crippen MR) is 107 cm³/mol. The lowest BCUT2D eigenvalue weighted by Gasteiger charge is -2.13. The lowest BCUT2D eigenvalue weighted by molar-refractivity contribution is 0.425. The Balaban J connectivity index is 1.39. The van der Waals surface area contributed by atoms with E-state index >= 15 is 0 Å². The number of hydrogen-bond acceptors (Lipinski definition) is 1. The monoisotopic (exact) mass is 342 g/mol. The zero-order valence-electron chi connectivity index (χ0n) is 16.6. The van der Waals surface area contributed by atoms with E-state index in [4.69, 9.17) is 0 Å². The molecule has 0 unspecified atom stereocenters. The molecule has 0 radical (unpaired) electrons. The molecular weight excluding hydrogens is 304 g/mol. The highest BCUT2D eigenvalue weighted by Crippen LogP contribution is 2.52. The molecule has 140 valence electrons. The number of unbranched alkanes of at least 4 members (excludes halogenated alkanes) is 3. The highest BCUT2D eigenvalue weighted by molar-refractivity contribution is 5.35. The number of rotatable bonds is 12. The molecular formula is C24H38O. The van der Waals surface area contributed by atoms with Crippen LogP contribution in [0, 0.1) is 10.8 Å². The average molecular weight is 343 g/mol. The maximum absolute atomic E-state index is 9.88. The number of aryl methyl sites for hydroxylation is 2. The molecule has 0 atom stereocenters. The molecule has 1 aromatic rings. The molecule has 0 aromatic heterocycles. The molecule has 3 rings (SSSR count). The Bertz CT molecular complexity index is 551. The van der Waals surface area contributed by atoms with Crippen molar-refractivity contribution in [3.05, 3.63) is 29.3 Å². The van der Waals surface area contributed by atoms with Gasteiger partial charge in [0, 0.05) is 0 Å². The van der Waals surface area contributed by atoms with Gasteiger partial charge >= 0.3 is 0 Å². The van der Waals surface area contributed by atoms with Crippen molar-refractivity contribution in [3.8, 4) is 5.75 Å². The van der Waals surface area contributed by atoms with Crippen LogP contribution in [-0.2, 0) is 12.8 Å². The van der Waals surface area contributed by atoms with Crippen LogP contribution in [0.4, 0.5) is 0 Å². The maximum atomic E-state index is 9.88. The van der Waals surface area contributed by atoms with Crippen molar-refractivity contribution in [3.63, 3.8) is 0 Å². The van der Waals surface area contributed by atoms with Crippen LogP contribution in [0.5, 0.6) is 5.75 Å². The molecule has 0 amide bonds. The Hall–Kier alpha value is -0.980. The fourth-order valence-electron chi connectivity index (χ4n) is 4.37. The summed E-state index contributed by atoms with van der Waals surface area (Å²) in [4.78, 5) is 0. The number of phenolic OH excluding ortho intramolecular Hbond substituents is 1. The summed E-state index contributed by atoms with van der Waals surface area (Å²) in [6, 6.07) is 6.06. The third kappa shape index (κ3) is 5.76. The number of aromatic hydroxyl groups is 1. The van der Waals surface area contributed by atoms with Gasteiger partial charge in [-0.15, -0.1) is 0 Å². The SMILES string of the molecule is CCC1(CCCCc2cc(O)ccc2CCCCCC2(C)CC2)CC1. The van der Waals surface area contributed by atoms with Crippen molar-refractivity contribution in [2.75, 3.05) is 0 Å². The van der Waals surface area contributed by atoms with Crippen LogP contribution in [0.3, 0.4) is 0 Å². The molecule has 2 fully saturated rings. The topological polar surface area (TPSA) is 20.2 Å². The molecule has 0 aliphatic heterocycles. The van der Waals surface area contributed by atoms with E-state index in [-0.39, 0.29) is 0 Å². The maximum Gasteiger partial charge on any atom is 0.115 e. The van der Waals surface area contributed by atoms with Gasteiger partial charge in [0.25, 0.3) is 0 Å². The normalized spacial score (nSPS) is 19.8. The predicted octanol–water partition coefficient (Wildman–Crippen LogP) is 7.20. The molecule has 0 spiro atoms. The van der Waals surface area contributed by atoms with E-state index in [1.807, 2.05) is 12.1 Å². The third-order valence-corrected chi connectivity index (χ3v) is 7.13. The third-order valence-electron chi connectivity index (χ3n) is 7.13. The fraction of sp³-hybridized carbons (Fsp3) is 0.750. The van der Waals surface area contributed by atoms with Crippen molar-refractivity contribution in [2.45, 2.75) is 104 Å². The summed E-state index contributed by atoms with van der Waals surface area (Å²) in [5.74, 6) is 0.438. The first-order chi connectivity index (χ1) is 12.0. The molecule has 0 saturated heterocycles. The van der Waals surface area contributed by atoms with Crippen molar-refractivity contribution in [1.82, 2.24) is 0 Å². The van der Waals surface area contributed by atoms with Crippen molar-refractivity contribution >= 4 is 0 Å². The van der Waals surface area contributed by atoms with Gasteiger partial charge in [-0.2, -0.15) is 0 Å². The van der Waals surface area contributed by atoms with Crippen LogP contribution < -0.4 is 0 Å². The molecule has 1 nitrogen and oxygen atoms in total. The molecule has 25 heavy (non-hydrogen) atoms. The van der Waals surface area contributed by atoms with Crippen molar-refractivity contribution < 1.29 is 5.11 Å². The average Bonchev–Trinajstić information content (AvgIpc) is 3.52. The van der Waals surface area contributed by atoms with Gasteiger partial charge in [0.2, 0.25) is 0 Å². The number of hydrogen-bond donors (Lipinski definition) is 1. The van der Waals surface area contributed by atoms with E-state index in [1.54, 1.807) is 0 Å². The second kappa shape index (κ2) is 8.14. The number of phenols is 1. The van der Waals surface area contributed by atoms with Gasteiger partial charge in [0.1, 0.15) is 5.75 Å². The van der Waals surface area contributed by atoms with Crippen LogP contribution in [-0.4, -0.2) is 5.11 Å². The second-order valence-corrected chi connectivity index (χ2v) is 9.38. The van der Waals surface area contributed by atoms with E-state index in [9.17, 15) is 5.11 Å². The first kappa shape index (κ1) is 18.8. The second-order valence-electron chi connectivity index (χ2n) is 9.38. The number of benzene rings is 1. The minimum Gasteiger partial charge on any atom is -0.508 e. The summed E-state index contributed by atoms with van der Waals surface area (Å²) in [5, 5.41) is 9.88. The standard InChI is InChI=1S/C24H38O/c1-3-24(17-18-24)14-8-6-10-21-19-22(25)12-11-20(21)9-5-4-7-13-23(2)15-16-23/h11-12,19,25H,3-10,13-18H2,1-2H3. The highest BCUT2D eigenvalue weighted by atomic mass is 16.3. The molecule has 0 bridgehead atoms. The van der Waals surface area contributed by atoms with E-state index in [2.05, 4.69) is 19.9 Å². The first-order valence-electron chi connectivity index (χ1n) is 10.9. The molecule has 0 heterocycles. The molecule has 2 aliphatic rings. The Morgan fingerprint density at radius 1 is 0.840 bits per heavy atom. The zero-order valence-corrected chi connectivity index (χ0v) is 16.6. The highest BCUT2D eigenvalue weighted by Gasteiger charge is 2.39. The summed E-state index contributed by atoms with van der Waals surface area (Å²) in [5.41, 5.74) is 4.31. The van der Waals surface area contributed by atoms with Crippen LogP contribution >= 0.6 is 0 Å². The molecule has 1 heteroatoms. The Labute approximate surface area is 155 Å². The van der Waals surface area contributed by atoms with Gasteiger partial charge in [0.05, 0.1) is 0 Å². The summed E-state index contributed by atoms with van der Waals surface area (Å²) in [6.45, 7) is 4.79. The van der Waals surface area contributed by atoms with Gasteiger partial charge in [-0.3, -0.25) is 0 Å². The van der Waals surface area contributed by atoms with Gasteiger partial charge in [-0.25, -0.2) is 0 Å². The Morgan fingerprint density at radius 3 is 2.20 bits per heavy atom. The zero-order chi connectivity index (χ0) is 17.8. The van der Waals surface area contributed by atoms with Crippen LogP contribution in [0.1, 0.15) is 102 Å². The van der Waals surface area contributed by atoms with Gasteiger partial charge in [-0.05, 0) is 98.3 Å². The lowest BCUT2D eigenvalue weighted by atomic mass is 9.92.